The second-order valence-corrected chi connectivity index (χ2v) is 11.4. The van der Waals surface area contributed by atoms with Gasteiger partial charge in [0.15, 0.2) is 17.2 Å². The topological polar surface area (TPSA) is 140 Å². The van der Waals surface area contributed by atoms with Crippen LogP contribution in [-0.2, 0) is 21.0 Å². The quantitative estimate of drug-likeness (QED) is 0.369. The van der Waals surface area contributed by atoms with Crippen LogP contribution in [0.3, 0.4) is 0 Å². The predicted octanol–water partition coefficient (Wildman–Crippen LogP) is 4.41. The summed E-state index contributed by atoms with van der Waals surface area (Å²) >= 11 is 0. The van der Waals surface area contributed by atoms with E-state index in [9.17, 15) is 43.5 Å². The molecule has 218 valence electrons. The third kappa shape index (κ3) is 5.16. The number of halogens is 8. The normalized spacial score (nSPS) is 22.4. The molecule has 3 fully saturated rings. The molecule has 3 aromatic rings. The van der Waals surface area contributed by atoms with Crippen LogP contribution in [-0.4, -0.2) is 52.0 Å². The van der Waals surface area contributed by atoms with Crippen molar-refractivity contribution in [3.05, 3.63) is 41.9 Å². The summed E-state index contributed by atoms with van der Waals surface area (Å²) in [6.07, 6.45) is -10.0. The lowest BCUT2D eigenvalue weighted by Gasteiger charge is -2.69. The molecule has 2 aromatic heterocycles. The maximum atomic E-state index is 13.2. The van der Waals surface area contributed by atoms with E-state index in [2.05, 4.69) is 14.7 Å². The Balaban J connectivity index is 0.000000470. The molecule has 0 spiro atoms. The molecule has 2 heterocycles. The summed E-state index contributed by atoms with van der Waals surface area (Å²) in [6.45, 7) is 1.67. The summed E-state index contributed by atoms with van der Waals surface area (Å²) in [5.74, 6) is -3.18. The van der Waals surface area contributed by atoms with Crippen molar-refractivity contribution in [2.45, 2.75) is 55.4 Å². The van der Waals surface area contributed by atoms with Crippen molar-refractivity contribution in [2.75, 3.05) is 5.73 Å². The molecule has 6 rings (SSSR count). The minimum atomic E-state index is -5.08. The first-order chi connectivity index (χ1) is 18.2. The monoisotopic (exact) mass is 601 g/mol. The van der Waals surface area contributed by atoms with E-state index in [1.54, 1.807) is 6.92 Å². The number of aryl methyl sites for hydroxylation is 1. The number of hydrogen-bond acceptors (Lipinski definition) is 6. The standard InChI is InChI=1S/C20H18F5N5O2S.C2HF3O2/c1-10-2-3-11(33(31,32)29-19-7-18(8-19,9-19)17(21)22)4-12(10)13-5-27-16-15(26)28-14(6-30(13)16)20(23,24)25;3-2(4,5)1(6)7/h2-6,17,29H,7-9H2,1H3,(H2,26,28);(H,6,7). The number of alkyl halides is 8. The zero-order valence-corrected chi connectivity index (χ0v) is 20.9. The Labute approximate surface area is 220 Å². The lowest BCUT2D eigenvalue weighted by atomic mass is 9.40. The molecule has 40 heavy (non-hydrogen) atoms. The van der Waals surface area contributed by atoms with E-state index >= 15 is 0 Å². The van der Waals surface area contributed by atoms with Crippen LogP contribution < -0.4 is 10.5 Å². The van der Waals surface area contributed by atoms with Gasteiger partial charge in [-0.2, -0.15) is 26.3 Å². The van der Waals surface area contributed by atoms with Crippen molar-refractivity contribution in [3.8, 4) is 11.3 Å². The molecular weight excluding hydrogens is 582 g/mol. The molecule has 0 amide bonds. The second-order valence-electron chi connectivity index (χ2n) is 9.71. The number of rotatable bonds is 5. The number of anilines is 1. The maximum absolute atomic E-state index is 13.2. The van der Waals surface area contributed by atoms with Crippen LogP contribution in [0.5, 0.6) is 0 Å². The molecule has 4 N–H and O–H groups in total. The number of fused-ring (bicyclic) bond motifs is 1. The van der Waals surface area contributed by atoms with Gasteiger partial charge < -0.3 is 10.8 Å². The van der Waals surface area contributed by atoms with Crippen LogP contribution in [0.4, 0.5) is 40.9 Å². The smallest absolute Gasteiger partial charge is 0.475 e. The van der Waals surface area contributed by atoms with Gasteiger partial charge >= 0.3 is 18.3 Å². The van der Waals surface area contributed by atoms with Gasteiger partial charge in [-0.25, -0.2) is 36.7 Å². The van der Waals surface area contributed by atoms with Gasteiger partial charge in [0.05, 0.1) is 16.8 Å². The zero-order valence-electron chi connectivity index (χ0n) is 20.1. The molecular formula is C22H19F8N5O4S. The van der Waals surface area contributed by atoms with E-state index in [4.69, 9.17) is 15.6 Å². The van der Waals surface area contributed by atoms with Gasteiger partial charge in [-0.05, 0) is 43.9 Å². The van der Waals surface area contributed by atoms with Gasteiger partial charge in [0.25, 0.3) is 0 Å². The number of imidazole rings is 1. The molecule has 0 unspecified atom stereocenters. The number of nitrogens with zero attached hydrogens (tertiary/aromatic N) is 3. The van der Waals surface area contributed by atoms with E-state index in [1.807, 2.05) is 0 Å². The number of aliphatic carboxylic acids is 1. The third-order valence-corrected chi connectivity index (χ3v) is 8.31. The van der Waals surface area contributed by atoms with Crippen LogP contribution in [0, 0.1) is 12.3 Å². The first-order valence-electron chi connectivity index (χ1n) is 11.1. The van der Waals surface area contributed by atoms with Crippen LogP contribution in [0.1, 0.15) is 30.5 Å². The summed E-state index contributed by atoms with van der Waals surface area (Å²) in [7, 11) is -4.06. The van der Waals surface area contributed by atoms with Gasteiger partial charge in [0.2, 0.25) is 16.4 Å². The summed E-state index contributed by atoms with van der Waals surface area (Å²) in [5, 5.41) is 7.12. The van der Waals surface area contributed by atoms with Crippen molar-refractivity contribution in [2.24, 2.45) is 5.41 Å². The second kappa shape index (κ2) is 9.25. The number of carbonyl (C=O) groups is 1. The Morgan fingerprint density at radius 1 is 1.15 bits per heavy atom. The number of nitrogens with two attached hydrogens (primary N) is 1. The zero-order chi connectivity index (χ0) is 30.1. The number of benzene rings is 1. The fourth-order valence-electron chi connectivity index (χ4n) is 4.94. The Hall–Kier alpha value is -3.54. The number of hydrogen-bond donors (Lipinski definition) is 3. The molecule has 3 saturated carbocycles. The molecule has 0 atom stereocenters. The highest BCUT2D eigenvalue weighted by atomic mass is 32.2. The average Bonchev–Trinajstić information content (AvgIpc) is 3.19. The molecule has 18 heteroatoms. The summed E-state index contributed by atoms with van der Waals surface area (Å²) in [6, 6.07) is 4.19. The highest BCUT2D eigenvalue weighted by molar-refractivity contribution is 7.89. The van der Waals surface area contributed by atoms with Gasteiger partial charge in [0.1, 0.15) is 0 Å². The molecule has 3 aliphatic carbocycles. The number of nitrogens with one attached hydrogen (secondary N) is 1. The Morgan fingerprint density at radius 3 is 2.23 bits per heavy atom. The van der Waals surface area contributed by atoms with Gasteiger partial charge in [0, 0.05) is 22.7 Å². The molecule has 9 nitrogen and oxygen atoms in total. The van der Waals surface area contributed by atoms with Crippen molar-refractivity contribution < 1.29 is 53.4 Å². The van der Waals surface area contributed by atoms with Crippen molar-refractivity contribution >= 4 is 27.5 Å². The Kier molecular flexibility index (Phi) is 6.81. The van der Waals surface area contributed by atoms with E-state index in [0.29, 0.717) is 11.1 Å². The largest absolute Gasteiger partial charge is 0.490 e. The molecule has 2 bridgehead atoms. The molecule has 0 saturated heterocycles. The summed E-state index contributed by atoms with van der Waals surface area (Å²) in [5.41, 5.74) is 3.58. The number of nitrogen functional groups attached to an aromatic ring is 1. The van der Waals surface area contributed by atoms with E-state index in [1.165, 1.54) is 24.4 Å². The molecule has 0 aliphatic heterocycles. The number of carboxylic acid groups (broad SMARTS) is 1. The fraction of sp³-hybridized carbons (Fsp3) is 0.409. The molecule has 0 radical (unpaired) electrons. The Morgan fingerprint density at radius 2 is 1.73 bits per heavy atom. The van der Waals surface area contributed by atoms with Gasteiger partial charge in [-0.3, -0.25) is 4.40 Å². The maximum Gasteiger partial charge on any atom is 0.490 e. The lowest BCUT2D eigenvalue weighted by Crippen LogP contribution is -2.76. The highest BCUT2D eigenvalue weighted by Crippen LogP contribution is 2.70. The van der Waals surface area contributed by atoms with Crippen LogP contribution in [0.2, 0.25) is 0 Å². The minimum Gasteiger partial charge on any atom is -0.475 e. The third-order valence-electron chi connectivity index (χ3n) is 6.73. The molecule has 1 aromatic carbocycles. The average molecular weight is 601 g/mol. The fourth-order valence-corrected chi connectivity index (χ4v) is 6.37. The number of sulfonamides is 1. The van der Waals surface area contributed by atoms with Gasteiger partial charge in [-0.15, -0.1) is 0 Å². The van der Waals surface area contributed by atoms with E-state index in [0.717, 1.165) is 10.6 Å². The van der Waals surface area contributed by atoms with E-state index < -0.39 is 57.2 Å². The number of carboxylic acids is 1. The van der Waals surface area contributed by atoms with Crippen LogP contribution in [0.15, 0.2) is 35.5 Å². The predicted molar refractivity (Wildman–Crippen MR) is 122 cm³/mol. The molecule has 3 aliphatic rings. The number of aromatic nitrogens is 3. The summed E-state index contributed by atoms with van der Waals surface area (Å²) < 4.78 is 127. The SMILES string of the molecule is Cc1ccc(S(=O)(=O)NC23CC(C(F)F)(C2)C3)cc1-c1cnc2c(N)nc(C(F)(F)F)cn12.O=C(O)C(F)(F)F. The minimum absolute atomic E-state index is 0.00468. The van der Waals surface area contributed by atoms with Crippen LogP contribution in [0.25, 0.3) is 16.9 Å². The highest BCUT2D eigenvalue weighted by Gasteiger charge is 2.73. The first-order valence-corrected chi connectivity index (χ1v) is 12.6. The Bertz CT molecular complexity index is 1580. The van der Waals surface area contributed by atoms with Crippen molar-refractivity contribution in [3.63, 3.8) is 0 Å². The van der Waals surface area contributed by atoms with Crippen molar-refractivity contribution in [1.29, 1.82) is 0 Å². The summed E-state index contributed by atoms with van der Waals surface area (Å²) in [4.78, 5) is 16.1. The van der Waals surface area contributed by atoms with Crippen LogP contribution >= 0.6 is 0 Å². The van der Waals surface area contributed by atoms with Gasteiger partial charge in [-0.1, -0.05) is 6.07 Å². The lowest BCUT2D eigenvalue weighted by molar-refractivity contribution is -0.220. The first kappa shape index (κ1) is 29.4. The van der Waals surface area contributed by atoms with E-state index in [-0.39, 0.29) is 35.5 Å². The van der Waals surface area contributed by atoms with Crippen molar-refractivity contribution in [1.82, 2.24) is 19.1 Å².